The van der Waals surface area contributed by atoms with Gasteiger partial charge in [-0.25, -0.2) is 0 Å². The van der Waals surface area contributed by atoms with E-state index in [0.717, 1.165) is 26.7 Å². The molecule has 0 saturated carbocycles. The molecule has 4 nitrogen and oxygen atoms in total. The van der Waals surface area contributed by atoms with Crippen LogP contribution in [-0.2, 0) is 4.79 Å². The van der Waals surface area contributed by atoms with E-state index in [1.807, 2.05) is 91.2 Å². The molecule has 0 spiro atoms. The Labute approximate surface area is 198 Å². The van der Waals surface area contributed by atoms with Gasteiger partial charge in [-0.3, -0.25) is 9.59 Å². The summed E-state index contributed by atoms with van der Waals surface area (Å²) < 4.78 is 0. The molecule has 2 heterocycles. The van der Waals surface area contributed by atoms with Gasteiger partial charge in [-0.15, -0.1) is 11.3 Å². The van der Waals surface area contributed by atoms with E-state index in [2.05, 4.69) is 6.92 Å². The van der Waals surface area contributed by atoms with Crippen LogP contribution in [0.5, 0.6) is 0 Å². The topological polar surface area (TPSA) is 40.6 Å². The van der Waals surface area contributed by atoms with Gasteiger partial charge in [0.15, 0.2) is 0 Å². The van der Waals surface area contributed by atoms with E-state index in [-0.39, 0.29) is 29.8 Å². The molecule has 0 radical (unpaired) electrons. The van der Waals surface area contributed by atoms with Crippen LogP contribution in [-0.4, -0.2) is 17.9 Å². The average Bonchev–Trinajstić information content (AvgIpc) is 3.21. The van der Waals surface area contributed by atoms with Gasteiger partial charge < -0.3 is 9.80 Å². The molecule has 0 saturated heterocycles. The van der Waals surface area contributed by atoms with E-state index in [1.165, 1.54) is 11.3 Å². The third-order valence-corrected chi connectivity index (χ3v) is 7.12. The highest BCUT2D eigenvalue weighted by Gasteiger charge is 2.39. The number of anilines is 2. The Kier molecular flexibility index (Phi) is 6.40. The fourth-order valence-electron chi connectivity index (χ4n) is 4.34. The minimum absolute atomic E-state index is 0.00901. The molecule has 0 unspecified atom stereocenters. The Hall–Kier alpha value is -2.63. The zero-order valence-corrected chi connectivity index (χ0v) is 20.3. The first-order chi connectivity index (χ1) is 15.3. The van der Waals surface area contributed by atoms with Crippen LogP contribution in [0.25, 0.3) is 0 Å². The lowest BCUT2D eigenvalue weighted by molar-refractivity contribution is -0.122. The largest absolute Gasteiger partial charge is 0.305 e. The van der Waals surface area contributed by atoms with Gasteiger partial charge in [-0.05, 0) is 68.3 Å². The summed E-state index contributed by atoms with van der Waals surface area (Å²) in [7, 11) is 0. The second kappa shape index (κ2) is 9.08. The number of thiophene rings is 1. The fraction of sp³-hybridized carbons (Fsp3) is 0.308. The summed E-state index contributed by atoms with van der Waals surface area (Å²) in [4.78, 5) is 32.5. The number of aryl methyl sites for hydroxylation is 1. The molecule has 166 valence electrons. The first kappa shape index (κ1) is 22.6. The number of para-hydroxylation sites is 1. The molecule has 0 N–H and O–H groups in total. The smallest absolute Gasteiger partial charge is 0.268 e. The normalized spacial score (nSPS) is 17.9. The maximum atomic E-state index is 13.5. The number of carbonyl (C=O) groups is 2. The van der Waals surface area contributed by atoms with Crippen molar-refractivity contribution in [3.63, 3.8) is 0 Å². The van der Waals surface area contributed by atoms with Gasteiger partial charge in [0.2, 0.25) is 5.91 Å². The highest BCUT2D eigenvalue weighted by Crippen LogP contribution is 2.43. The van der Waals surface area contributed by atoms with Gasteiger partial charge in [0.25, 0.3) is 5.91 Å². The van der Waals surface area contributed by atoms with Crippen molar-refractivity contribution < 1.29 is 9.59 Å². The first-order valence-electron chi connectivity index (χ1n) is 10.9. The number of halogens is 1. The molecular weight excluding hydrogens is 440 g/mol. The van der Waals surface area contributed by atoms with E-state index in [4.69, 9.17) is 11.6 Å². The quantitative estimate of drug-likeness (QED) is 0.420. The fourth-order valence-corrected chi connectivity index (χ4v) is 5.28. The Morgan fingerprint density at radius 2 is 1.75 bits per heavy atom. The van der Waals surface area contributed by atoms with Crippen molar-refractivity contribution in [1.29, 1.82) is 0 Å². The zero-order valence-electron chi connectivity index (χ0n) is 18.7. The van der Waals surface area contributed by atoms with Gasteiger partial charge in [-0.2, -0.15) is 0 Å². The lowest BCUT2D eigenvalue weighted by Crippen LogP contribution is -2.48. The molecule has 1 aliphatic rings. The molecule has 0 aliphatic carbocycles. The maximum absolute atomic E-state index is 13.5. The molecule has 0 fully saturated rings. The first-order valence-corrected chi connectivity index (χ1v) is 12.0. The highest BCUT2D eigenvalue weighted by atomic mass is 35.5. The zero-order chi connectivity index (χ0) is 23.0. The molecule has 2 amide bonds. The monoisotopic (exact) mass is 466 g/mol. The number of hydrogen-bond acceptors (Lipinski definition) is 3. The van der Waals surface area contributed by atoms with Crippen LogP contribution in [0.1, 0.15) is 53.3 Å². The summed E-state index contributed by atoms with van der Waals surface area (Å²) in [6.07, 6.45) is 0.647. The Morgan fingerprint density at radius 3 is 2.38 bits per heavy atom. The molecule has 2 atom stereocenters. The van der Waals surface area contributed by atoms with E-state index >= 15 is 0 Å². The molecule has 32 heavy (non-hydrogen) atoms. The number of nitrogens with zero attached hydrogens (tertiary/aromatic N) is 2. The third kappa shape index (κ3) is 4.19. The summed E-state index contributed by atoms with van der Waals surface area (Å²) in [6.45, 7) is 7.89. The summed E-state index contributed by atoms with van der Waals surface area (Å²) in [5, 5.41) is 0.631. The Bertz CT molecular complexity index is 1140. The number of benzene rings is 2. The van der Waals surface area contributed by atoms with E-state index in [0.29, 0.717) is 11.4 Å². The van der Waals surface area contributed by atoms with E-state index in [1.54, 1.807) is 0 Å². The number of fused-ring (bicyclic) bond motifs is 1. The van der Waals surface area contributed by atoms with Crippen LogP contribution in [0.2, 0.25) is 5.02 Å². The van der Waals surface area contributed by atoms with Crippen LogP contribution >= 0.6 is 22.9 Å². The number of rotatable bonds is 4. The highest BCUT2D eigenvalue weighted by molar-refractivity contribution is 7.14. The predicted octanol–water partition coefficient (Wildman–Crippen LogP) is 6.88. The maximum Gasteiger partial charge on any atom is 0.268 e. The van der Waals surface area contributed by atoms with Crippen molar-refractivity contribution in [2.45, 2.75) is 46.2 Å². The van der Waals surface area contributed by atoms with Gasteiger partial charge in [0, 0.05) is 33.2 Å². The molecule has 0 bridgehead atoms. The number of hydrogen-bond donors (Lipinski definition) is 0. The molecular formula is C26H27ClN2O2S. The van der Waals surface area contributed by atoms with E-state index < -0.39 is 0 Å². The minimum atomic E-state index is -0.175. The molecule has 1 aliphatic heterocycles. The van der Waals surface area contributed by atoms with Crippen molar-refractivity contribution >= 4 is 46.1 Å². The van der Waals surface area contributed by atoms with Crippen molar-refractivity contribution in [2.75, 3.05) is 9.80 Å². The van der Waals surface area contributed by atoms with Crippen LogP contribution < -0.4 is 9.80 Å². The summed E-state index contributed by atoms with van der Waals surface area (Å²) in [5.41, 5.74) is 2.66. The van der Waals surface area contributed by atoms with Crippen LogP contribution in [0.4, 0.5) is 11.4 Å². The molecule has 4 rings (SSSR count). The van der Waals surface area contributed by atoms with Crippen LogP contribution in [0.3, 0.4) is 0 Å². The SMILES string of the molecule is Cc1ccc(C(=O)N2c3ccccc3[C@@H](N(C(=O)C(C)C)c3ccc(Cl)cc3)C[C@@H]2C)s1. The third-order valence-electron chi connectivity index (χ3n) is 5.88. The minimum Gasteiger partial charge on any atom is -0.305 e. The lowest BCUT2D eigenvalue weighted by atomic mass is 9.89. The van der Waals surface area contributed by atoms with Crippen LogP contribution in [0, 0.1) is 12.8 Å². The van der Waals surface area contributed by atoms with Gasteiger partial charge in [0.05, 0.1) is 10.9 Å². The molecule has 3 aromatic rings. The predicted molar refractivity (Wildman–Crippen MR) is 133 cm³/mol. The lowest BCUT2D eigenvalue weighted by Gasteiger charge is -2.44. The van der Waals surface area contributed by atoms with Gasteiger partial charge in [0.1, 0.15) is 0 Å². The van der Waals surface area contributed by atoms with Gasteiger partial charge in [-0.1, -0.05) is 43.6 Å². The Balaban J connectivity index is 1.80. The molecule has 2 aromatic carbocycles. The van der Waals surface area contributed by atoms with E-state index in [9.17, 15) is 9.59 Å². The average molecular weight is 467 g/mol. The second-order valence-electron chi connectivity index (χ2n) is 8.58. The van der Waals surface area contributed by atoms with Crippen molar-refractivity contribution in [3.8, 4) is 0 Å². The molecule has 6 heteroatoms. The number of amides is 2. The van der Waals surface area contributed by atoms with Crippen molar-refractivity contribution in [1.82, 2.24) is 0 Å². The van der Waals surface area contributed by atoms with Crippen molar-refractivity contribution in [3.05, 3.63) is 81.0 Å². The standard InChI is InChI=1S/C26H27ClN2O2S/c1-16(2)25(30)29(20-12-10-19(27)11-13-20)23-15-17(3)28(22-8-6-5-7-21(22)23)26(31)24-14-9-18(4)32-24/h5-14,16-17,23H,15H2,1-4H3/t17-,23-/m0/s1. The van der Waals surface area contributed by atoms with Crippen molar-refractivity contribution in [2.24, 2.45) is 5.92 Å². The summed E-state index contributed by atoms with van der Waals surface area (Å²) >= 11 is 7.63. The Morgan fingerprint density at radius 1 is 1.06 bits per heavy atom. The van der Waals surface area contributed by atoms with Crippen LogP contribution in [0.15, 0.2) is 60.7 Å². The summed E-state index contributed by atoms with van der Waals surface area (Å²) in [5.74, 6) is -0.107. The summed E-state index contributed by atoms with van der Waals surface area (Å²) in [6, 6.07) is 19.0. The molecule has 1 aromatic heterocycles. The number of carbonyl (C=O) groups excluding carboxylic acids is 2. The second-order valence-corrected chi connectivity index (χ2v) is 10.3. The van der Waals surface area contributed by atoms with Gasteiger partial charge >= 0.3 is 0 Å².